The largest absolute Gasteiger partial charge is 0.455 e. The maximum absolute atomic E-state index is 13.3. The van der Waals surface area contributed by atoms with Crippen molar-refractivity contribution in [3.8, 4) is 22.5 Å². The quantitative estimate of drug-likeness (QED) is 0.334. The van der Waals surface area contributed by atoms with Crippen LogP contribution in [0.15, 0.2) is 80.8 Å². The second-order valence-electron chi connectivity index (χ2n) is 6.02. The summed E-state index contributed by atoms with van der Waals surface area (Å²) in [6.07, 6.45) is 2.02. The van der Waals surface area contributed by atoms with E-state index in [0.717, 1.165) is 10.5 Å². The molecule has 0 spiro atoms. The maximum Gasteiger partial charge on any atom is 0.201 e. The molecular formula is C22H14Cl2O2S. The number of rotatable bonds is 3. The van der Waals surface area contributed by atoms with E-state index < -0.39 is 0 Å². The SMILES string of the molecule is CSc1ccc(-c2oc3ccccc3c(=O)c2-c2cc(Cl)cc(Cl)c2)cc1. The van der Waals surface area contributed by atoms with Gasteiger partial charge in [-0.05, 0) is 54.3 Å². The molecule has 1 aromatic heterocycles. The fourth-order valence-corrected chi connectivity index (χ4v) is 3.98. The van der Waals surface area contributed by atoms with Gasteiger partial charge in [0.25, 0.3) is 0 Å². The predicted molar refractivity (Wildman–Crippen MR) is 115 cm³/mol. The van der Waals surface area contributed by atoms with Gasteiger partial charge in [-0.25, -0.2) is 0 Å². The summed E-state index contributed by atoms with van der Waals surface area (Å²) in [5.74, 6) is 0.504. The molecular weight excluding hydrogens is 399 g/mol. The van der Waals surface area contributed by atoms with Crippen molar-refractivity contribution in [2.45, 2.75) is 4.90 Å². The predicted octanol–water partition coefficient (Wildman–Crippen LogP) is 7.16. The molecule has 0 aliphatic rings. The lowest BCUT2D eigenvalue weighted by atomic mass is 9.98. The molecule has 134 valence electrons. The van der Waals surface area contributed by atoms with Gasteiger partial charge in [0.2, 0.25) is 5.43 Å². The highest BCUT2D eigenvalue weighted by molar-refractivity contribution is 7.98. The van der Waals surface area contributed by atoms with Gasteiger partial charge in [0.1, 0.15) is 11.3 Å². The van der Waals surface area contributed by atoms with Crippen LogP contribution in [0.5, 0.6) is 0 Å². The second-order valence-corrected chi connectivity index (χ2v) is 7.77. The minimum Gasteiger partial charge on any atom is -0.455 e. The van der Waals surface area contributed by atoms with Gasteiger partial charge in [0, 0.05) is 20.5 Å². The first-order chi connectivity index (χ1) is 13.1. The van der Waals surface area contributed by atoms with Crippen molar-refractivity contribution in [1.29, 1.82) is 0 Å². The number of halogens is 2. The van der Waals surface area contributed by atoms with Crippen molar-refractivity contribution in [2.24, 2.45) is 0 Å². The van der Waals surface area contributed by atoms with E-state index in [-0.39, 0.29) is 5.43 Å². The van der Waals surface area contributed by atoms with Crippen molar-refractivity contribution in [2.75, 3.05) is 6.26 Å². The molecule has 0 saturated carbocycles. The minimum atomic E-state index is -0.112. The molecule has 0 unspecified atom stereocenters. The van der Waals surface area contributed by atoms with Gasteiger partial charge in [0.05, 0.1) is 10.9 Å². The zero-order valence-corrected chi connectivity index (χ0v) is 16.7. The highest BCUT2D eigenvalue weighted by Gasteiger charge is 2.18. The molecule has 0 fully saturated rings. The van der Waals surface area contributed by atoms with E-state index in [9.17, 15) is 4.79 Å². The molecule has 4 aromatic rings. The number of hydrogen-bond donors (Lipinski definition) is 0. The molecule has 27 heavy (non-hydrogen) atoms. The van der Waals surface area contributed by atoms with Crippen LogP contribution < -0.4 is 5.43 Å². The number of fused-ring (bicyclic) bond motifs is 1. The topological polar surface area (TPSA) is 30.2 Å². The van der Waals surface area contributed by atoms with Crippen LogP contribution in [-0.4, -0.2) is 6.26 Å². The lowest BCUT2D eigenvalue weighted by Crippen LogP contribution is -2.07. The number of para-hydroxylation sites is 1. The van der Waals surface area contributed by atoms with Crippen molar-refractivity contribution in [3.05, 3.63) is 87.0 Å². The van der Waals surface area contributed by atoms with E-state index in [1.807, 2.05) is 42.7 Å². The molecule has 0 amide bonds. The monoisotopic (exact) mass is 412 g/mol. The van der Waals surface area contributed by atoms with E-state index in [0.29, 0.717) is 37.9 Å². The Morgan fingerprint density at radius 1 is 0.852 bits per heavy atom. The van der Waals surface area contributed by atoms with E-state index in [2.05, 4.69) is 0 Å². The fourth-order valence-electron chi connectivity index (χ4n) is 3.05. The summed E-state index contributed by atoms with van der Waals surface area (Å²) in [7, 11) is 0. The number of hydrogen-bond acceptors (Lipinski definition) is 3. The van der Waals surface area contributed by atoms with E-state index in [1.165, 1.54) is 0 Å². The summed E-state index contributed by atoms with van der Waals surface area (Å²) in [6.45, 7) is 0. The van der Waals surface area contributed by atoms with Crippen LogP contribution in [0, 0.1) is 0 Å². The van der Waals surface area contributed by atoms with Crippen molar-refractivity contribution in [3.63, 3.8) is 0 Å². The van der Waals surface area contributed by atoms with Gasteiger partial charge in [-0.1, -0.05) is 47.5 Å². The molecule has 0 radical (unpaired) electrons. The van der Waals surface area contributed by atoms with Crippen molar-refractivity contribution < 1.29 is 4.42 Å². The van der Waals surface area contributed by atoms with Crippen LogP contribution in [0.2, 0.25) is 10.0 Å². The smallest absolute Gasteiger partial charge is 0.201 e. The number of thioether (sulfide) groups is 1. The van der Waals surface area contributed by atoms with Crippen LogP contribution in [0.3, 0.4) is 0 Å². The van der Waals surface area contributed by atoms with Gasteiger partial charge < -0.3 is 4.42 Å². The first-order valence-corrected chi connectivity index (χ1v) is 10.2. The Kier molecular flexibility index (Phi) is 5.00. The summed E-state index contributed by atoms with van der Waals surface area (Å²) >= 11 is 14.0. The van der Waals surface area contributed by atoms with E-state index >= 15 is 0 Å². The Bertz CT molecular complexity index is 1180. The van der Waals surface area contributed by atoms with Crippen LogP contribution in [0.4, 0.5) is 0 Å². The molecule has 0 N–H and O–H groups in total. The molecule has 1 heterocycles. The zero-order chi connectivity index (χ0) is 19.0. The molecule has 0 atom stereocenters. The summed E-state index contributed by atoms with van der Waals surface area (Å²) in [5.41, 5.74) is 2.34. The lowest BCUT2D eigenvalue weighted by Gasteiger charge is -2.12. The zero-order valence-electron chi connectivity index (χ0n) is 14.3. The molecule has 5 heteroatoms. The van der Waals surface area contributed by atoms with Gasteiger partial charge in [-0.2, -0.15) is 0 Å². The molecule has 4 rings (SSSR count). The van der Waals surface area contributed by atoms with Crippen molar-refractivity contribution >= 4 is 45.9 Å². The summed E-state index contributed by atoms with van der Waals surface area (Å²) in [4.78, 5) is 14.5. The first-order valence-electron chi connectivity index (χ1n) is 8.23. The van der Waals surface area contributed by atoms with Crippen molar-refractivity contribution in [1.82, 2.24) is 0 Å². The van der Waals surface area contributed by atoms with Gasteiger partial charge in [-0.15, -0.1) is 11.8 Å². The standard InChI is InChI=1S/C22H14Cl2O2S/c1-27-17-8-6-13(7-9-17)22-20(14-10-15(23)12-16(24)11-14)21(25)18-4-2-3-5-19(18)26-22/h2-12H,1H3. The molecule has 0 bridgehead atoms. The molecule has 0 aliphatic heterocycles. The average Bonchev–Trinajstić information content (AvgIpc) is 2.67. The normalized spacial score (nSPS) is 11.1. The second kappa shape index (κ2) is 7.43. The summed E-state index contributed by atoms with van der Waals surface area (Å²) < 4.78 is 6.17. The van der Waals surface area contributed by atoms with Crippen LogP contribution >= 0.6 is 35.0 Å². The molecule has 0 aliphatic carbocycles. The van der Waals surface area contributed by atoms with Gasteiger partial charge in [-0.3, -0.25) is 4.79 Å². The Balaban J connectivity index is 2.08. The highest BCUT2D eigenvalue weighted by atomic mass is 35.5. The Morgan fingerprint density at radius 3 is 2.19 bits per heavy atom. The maximum atomic E-state index is 13.3. The van der Waals surface area contributed by atoms with Gasteiger partial charge >= 0.3 is 0 Å². The Hall–Kier alpha value is -2.20. The third kappa shape index (κ3) is 3.51. The van der Waals surface area contributed by atoms with Crippen LogP contribution in [0.25, 0.3) is 33.4 Å². The molecule has 3 aromatic carbocycles. The third-order valence-corrected chi connectivity index (χ3v) is 5.48. The average molecular weight is 413 g/mol. The van der Waals surface area contributed by atoms with Gasteiger partial charge in [0.15, 0.2) is 0 Å². The van der Waals surface area contributed by atoms with Crippen LogP contribution in [-0.2, 0) is 0 Å². The number of benzene rings is 3. The molecule has 2 nitrogen and oxygen atoms in total. The Morgan fingerprint density at radius 2 is 1.52 bits per heavy atom. The Labute approximate surface area is 170 Å². The van der Waals surface area contributed by atoms with Crippen LogP contribution in [0.1, 0.15) is 0 Å². The minimum absolute atomic E-state index is 0.112. The first kappa shape index (κ1) is 18.2. The summed E-state index contributed by atoms with van der Waals surface area (Å²) in [6, 6.07) is 20.2. The third-order valence-electron chi connectivity index (χ3n) is 4.30. The summed E-state index contributed by atoms with van der Waals surface area (Å²) in [5, 5.41) is 1.45. The van der Waals surface area contributed by atoms with E-state index in [4.69, 9.17) is 27.6 Å². The lowest BCUT2D eigenvalue weighted by molar-refractivity contribution is 0.620. The molecule has 0 saturated heterocycles. The highest BCUT2D eigenvalue weighted by Crippen LogP contribution is 2.35. The fraction of sp³-hybridized carbons (Fsp3) is 0.0455. The van der Waals surface area contributed by atoms with E-state index in [1.54, 1.807) is 42.1 Å².